The first-order chi connectivity index (χ1) is 12.2. The number of aliphatic carboxylic acids is 1. The first kappa shape index (κ1) is 21.7. The van der Waals surface area contributed by atoms with Gasteiger partial charge in [0.25, 0.3) is 0 Å². The van der Waals surface area contributed by atoms with Crippen molar-refractivity contribution in [1.29, 1.82) is 0 Å². The predicted octanol–water partition coefficient (Wildman–Crippen LogP) is 2.13. The first-order valence-electron chi connectivity index (χ1n) is 8.07. The van der Waals surface area contributed by atoms with E-state index in [0.717, 1.165) is 17.3 Å². The smallest absolute Gasteiger partial charge is 0.323 e. The van der Waals surface area contributed by atoms with Crippen molar-refractivity contribution in [3.05, 3.63) is 29.8 Å². The van der Waals surface area contributed by atoms with E-state index in [4.69, 9.17) is 5.11 Å². The third-order valence-corrected chi connectivity index (χ3v) is 4.68. The summed E-state index contributed by atoms with van der Waals surface area (Å²) in [4.78, 5) is 47.2. The van der Waals surface area contributed by atoms with Gasteiger partial charge in [-0.05, 0) is 24.1 Å². The summed E-state index contributed by atoms with van der Waals surface area (Å²) in [5.74, 6) is -2.00. The van der Waals surface area contributed by atoms with Gasteiger partial charge in [0.15, 0.2) is 5.12 Å². The second-order valence-electron chi connectivity index (χ2n) is 5.76. The second-order valence-corrected chi connectivity index (χ2v) is 6.96. The maximum Gasteiger partial charge on any atom is 0.323 e. The fourth-order valence-corrected chi connectivity index (χ4v) is 2.83. The zero-order valence-electron chi connectivity index (χ0n) is 15.1. The van der Waals surface area contributed by atoms with Crippen LogP contribution in [0.4, 0.5) is 5.69 Å². The van der Waals surface area contributed by atoms with E-state index in [0.29, 0.717) is 17.9 Å². The molecule has 0 radical (unpaired) electrons. The number of benzene rings is 1. The van der Waals surface area contributed by atoms with Crippen LogP contribution in [-0.4, -0.2) is 47.5 Å². The zero-order chi connectivity index (χ0) is 19.7. The summed E-state index contributed by atoms with van der Waals surface area (Å²) in [5, 5.41) is 9.02. The Balaban J connectivity index is 2.87. The summed E-state index contributed by atoms with van der Waals surface area (Å²) < 4.78 is 4.59. The Labute approximate surface area is 156 Å². The van der Waals surface area contributed by atoms with E-state index in [1.165, 1.54) is 18.9 Å². The average Bonchev–Trinajstić information content (AvgIpc) is 2.61. The number of anilines is 1. The number of nitrogens with zero attached hydrogens (tertiary/aromatic N) is 1. The minimum Gasteiger partial charge on any atom is -0.480 e. The molecule has 0 bridgehead atoms. The molecule has 0 heterocycles. The molecule has 26 heavy (non-hydrogen) atoms. The summed E-state index contributed by atoms with van der Waals surface area (Å²) in [5.41, 5.74) is 1.33. The number of hydrogen-bond acceptors (Lipinski definition) is 6. The number of thioether (sulfide) groups is 1. The first-order valence-corrected chi connectivity index (χ1v) is 9.05. The molecule has 0 spiro atoms. The van der Waals surface area contributed by atoms with Gasteiger partial charge in [-0.3, -0.25) is 19.2 Å². The highest BCUT2D eigenvalue weighted by molar-refractivity contribution is 8.13. The lowest BCUT2D eigenvalue weighted by Crippen LogP contribution is -2.39. The van der Waals surface area contributed by atoms with Crippen molar-refractivity contribution in [2.45, 2.75) is 26.7 Å². The highest BCUT2D eigenvalue weighted by atomic mass is 32.2. The Kier molecular flexibility index (Phi) is 8.84. The lowest BCUT2D eigenvalue weighted by atomic mass is 10.1. The van der Waals surface area contributed by atoms with Gasteiger partial charge in [-0.15, -0.1) is 0 Å². The molecule has 0 saturated carbocycles. The number of rotatable bonds is 9. The fourth-order valence-electron chi connectivity index (χ4n) is 2.20. The van der Waals surface area contributed by atoms with Gasteiger partial charge in [-0.2, -0.15) is 0 Å². The molecule has 1 amide bonds. The number of hydrogen-bond donors (Lipinski definition) is 1. The second kappa shape index (κ2) is 10.6. The number of carboxylic acids is 1. The molecule has 0 saturated heterocycles. The quantitative estimate of drug-likeness (QED) is 0.654. The SMILES string of the molecule is COC(=O)CCc1ccc(N(CC(=O)O)C(=O)[C@H](C)CSC(C)=O)cc1. The van der Waals surface area contributed by atoms with Crippen LogP contribution < -0.4 is 4.90 Å². The Hall–Kier alpha value is -2.35. The van der Waals surface area contributed by atoms with Crippen LogP contribution in [0.5, 0.6) is 0 Å². The van der Waals surface area contributed by atoms with E-state index >= 15 is 0 Å². The highest BCUT2D eigenvalue weighted by Crippen LogP contribution is 2.20. The third-order valence-electron chi connectivity index (χ3n) is 3.61. The molecule has 0 aliphatic rings. The number of esters is 1. The summed E-state index contributed by atoms with van der Waals surface area (Å²) in [6.45, 7) is 2.62. The molecule has 7 nitrogen and oxygen atoms in total. The highest BCUT2D eigenvalue weighted by Gasteiger charge is 2.24. The van der Waals surface area contributed by atoms with E-state index < -0.39 is 18.4 Å². The fraction of sp³-hybridized carbons (Fsp3) is 0.444. The largest absolute Gasteiger partial charge is 0.480 e. The van der Waals surface area contributed by atoms with Crippen LogP contribution in [0.15, 0.2) is 24.3 Å². The van der Waals surface area contributed by atoms with Gasteiger partial charge < -0.3 is 14.7 Å². The molecule has 1 rings (SSSR count). The Morgan fingerprint density at radius 3 is 2.31 bits per heavy atom. The van der Waals surface area contributed by atoms with Crippen molar-refractivity contribution in [2.24, 2.45) is 5.92 Å². The van der Waals surface area contributed by atoms with E-state index in [1.807, 2.05) is 0 Å². The lowest BCUT2D eigenvalue weighted by Gasteiger charge is -2.24. The molecule has 142 valence electrons. The number of carboxylic acid groups (broad SMARTS) is 1. The van der Waals surface area contributed by atoms with Crippen molar-refractivity contribution in [3.63, 3.8) is 0 Å². The molecule has 1 aromatic carbocycles. The van der Waals surface area contributed by atoms with Gasteiger partial charge in [0.05, 0.1) is 7.11 Å². The number of carbonyl (C=O) groups excluding carboxylic acids is 3. The Bertz CT molecular complexity index is 658. The summed E-state index contributed by atoms with van der Waals surface area (Å²) >= 11 is 1.04. The van der Waals surface area contributed by atoms with Gasteiger partial charge in [0, 0.05) is 30.7 Å². The maximum absolute atomic E-state index is 12.6. The van der Waals surface area contributed by atoms with Crippen LogP contribution in [0.25, 0.3) is 0 Å². The van der Waals surface area contributed by atoms with Crippen LogP contribution in [0.3, 0.4) is 0 Å². The minimum atomic E-state index is -1.13. The normalized spacial score (nSPS) is 11.5. The van der Waals surface area contributed by atoms with Gasteiger partial charge in [-0.1, -0.05) is 30.8 Å². The number of amides is 1. The van der Waals surface area contributed by atoms with Crippen molar-refractivity contribution in [1.82, 2.24) is 0 Å². The molecule has 1 atom stereocenters. The molecule has 0 aromatic heterocycles. The average molecular weight is 381 g/mol. The minimum absolute atomic E-state index is 0.0932. The van der Waals surface area contributed by atoms with Crippen molar-refractivity contribution in [3.8, 4) is 0 Å². The number of ether oxygens (including phenoxy) is 1. The third kappa shape index (κ3) is 7.26. The van der Waals surface area contributed by atoms with Crippen molar-refractivity contribution >= 4 is 40.4 Å². The summed E-state index contributed by atoms with van der Waals surface area (Å²) in [6, 6.07) is 6.79. The van der Waals surface area contributed by atoms with E-state index in [1.54, 1.807) is 31.2 Å². The molecule has 1 N–H and O–H groups in total. The van der Waals surface area contributed by atoms with Crippen LogP contribution in [0.2, 0.25) is 0 Å². The molecule has 0 unspecified atom stereocenters. The topological polar surface area (TPSA) is 101 Å². The lowest BCUT2D eigenvalue weighted by molar-refractivity contribution is -0.140. The monoisotopic (exact) mass is 381 g/mol. The van der Waals surface area contributed by atoms with Gasteiger partial charge in [-0.25, -0.2) is 0 Å². The number of carbonyl (C=O) groups is 4. The Morgan fingerprint density at radius 1 is 1.19 bits per heavy atom. The molecule has 0 fully saturated rings. The van der Waals surface area contributed by atoms with Crippen molar-refractivity contribution in [2.75, 3.05) is 24.3 Å². The van der Waals surface area contributed by atoms with Gasteiger partial charge in [0.1, 0.15) is 6.54 Å². The predicted molar refractivity (Wildman–Crippen MR) is 99.1 cm³/mol. The maximum atomic E-state index is 12.6. The molecular weight excluding hydrogens is 358 g/mol. The molecule has 8 heteroatoms. The van der Waals surface area contributed by atoms with Crippen molar-refractivity contribution < 1.29 is 29.0 Å². The van der Waals surface area contributed by atoms with E-state index in [2.05, 4.69) is 4.74 Å². The number of aryl methyl sites for hydroxylation is 1. The van der Waals surface area contributed by atoms with E-state index in [9.17, 15) is 19.2 Å². The van der Waals surface area contributed by atoms with Gasteiger partial charge >= 0.3 is 11.9 Å². The molecule has 1 aromatic rings. The number of methoxy groups -OCH3 is 1. The van der Waals surface area contributed by atoms with E-state index in [-0.39, 0.29) is 23.4 Å². The summed E-state index contributed by atoms with van der Waals surface area (Å²) in [7, 11) is 1.33. The zero-order valence-corrected chi connectivity index (χ0v) is 15.9. The van der Waals surface area contributed by atoms with Crippen LogP contribution in [-0.2, 0) is 30.3 Å². The standard InChI is InChI=1S/C18H23NO6S/c1-12(11-26-13(2)20)18(24)19(10-16(21)22)15-7-4-14(5-8-15)6-9-17(23)25-3/h4-5,7-8,12H,6,9-11H2,1-3H3,(H,21,22)/t12-/m1/s1. The molecule has 0 aliphatic carbocycles. The van der Waals surface area contributed by atoms with Crippen LogP contribution in [0.1, 0.15) is 25.8 Å². The van der Waals surface area contributed by atoms with Crippen LogP contribution in [0, 0.1) is 5.92 Å². The van der Waals surface area contributed by atoms with Gasteiger partial charge in [0.2, 0.25) is 5.91 Å². The summed E-state index contributed by atoms with van der Waals surface area (Å²) in [6.07, 6.45) is 0.735. The van der Waals surface area contributed by atoms with Crippen LogP contribution >= 0.6 is 11.8 Å². The molecule has 0 aliphatic heterocycles. The Morgan fingerprint density at radius 2 is 1.81 bits per heavy atom. The molecular formula is C18H23NO6S.